The number of nitrogens with two attached hydrogens (primary N) is 2. The van der Waals surface area contributed by atoms with Crippen molar-refractivity contribution in [3.8, 4) is 11.3 Å². The van der Waals surface area contributed by atoms with Gasteiger partial charge in [0.25, 0.3) is 0 Å². The lowest BCUT2D eigenvalue weighted by molar-refractivity contribution is 0.963. The molecule has 0 atom stereocenters. The zero-order chi connectivity index (χ0) is 12.7. The maximum atomic E-state index is 5.85. The van der Waals surface area contributed by atoms with Gasteiger partial charge in [0.2, 0.25) is 5.95 Å². The molecule has 0 saturated carbocycles. The third-order valence-electron chi connectivity index (χ3n) is 2.88. The van der Waals surface area contributed by atoms with Crippen LogP contribution in [0.3, 0.4) is 0 Å². The maximum absolute atomic E-state index is 5.85. The molecule has 3 rings (SSSR count). The highest BCUT2D eigenvalue weighted by Gasteiger charge is 2.13. The lowest BCUT2D eigenvalue weighted by Gasteiger charge is -2.01. The van der Waals surface area contributed by atoms with E-state index in [1.165, 1.54) is 0 Å². The van der Waals surface area contributed by atoms with Gasteiger partial charge in [0, 0.05) is 29.7 Å². The molecule has 0 aliphatic heterocycles. The molecule has 0 aliphatic carbocycles. The van der Waals surface area contributed by atoms with Crippen molar-refractivity contribution in [1.82, 2.24) is 19.7 Å². The SMILES string of the molecule is Cn1cc(-c2nnc(N)nc2N)c2ccccc21. The van der Waals surface area contributed by atoms with Crippen molar-refractivity contribution in [2.24, 2.45) is 7.05 Å². The van der Waals surface area contributed by atoms with E-state index in [1.54, 1.807) is 0 Å². The summed E-state index contributed by atoms with van der Waals surface area (Å²) in [6.45, 7) is 0. The van der Waals surface area contributed by atoms with Gasteiger partial charge in [-0.2, -0.15) is 4.98 Å². The Bertz CT molecular complexity index is 731. The second kappa shape index (κ2) is 3.69. The number of rotatable bonds is 1. The highest BCUT2D eigenvalue weighted by molar-refractivity contribution is 5.97. The van der Waals surface area contributed by atoms with E-state index in [1.807, 2.05) is 42.1 Å². The van der Waals surface area contributed by atoms with Gasteiger partial charge in [-0.3, -0.25) is 0 Å². The lowest BCUT2D eigenvalue weighted by atomic mass is 10.1. The van der Waals surface area contributed by atoms with Gasteiger partial charge in [0.05, 0.1) is 0 Å². The molecule has 0 bridgehead atoms. The van der Waals surface area contributed by atoms with Gasteiger partial charge in [-0.05, 0) is 6.07 Å². The van der Waals surface area contributed by atoms with Crippen LogP contribution in [0.25, 0.3) is 22.2 Å². The smallest absolute Gasteiger partial charge is 0.242 e. The monoisotopic (exact) mass is 240 g/mol. The molecule has 90 valence electrons. The quantitative estimate of drug-likeness (QED) is 0.666. The highest BCUT2D eigenvalue weighted by atomic mass is 15.2. The third-order valence-corrected chi connectivity index (χ3v) is 2.88. The van der Waals surface area contributed by atoms with Crippen LogP contribution in [0.4, 0.5) is 11.8 Å². The van der Waals surface area contributed by atoms with Crippen molar-refractivity contribution in [2.45, 2.75) is 0 Å². The first-order valence-electron chi connectivity index (χ1n) is 5.47. The minimum absolute atomic E-state index is 0.0801. The van der Waals surface area contributed by atoms with Gasteiger partial charge in [0.15, 0.2) is 5.82 Å². The Hall–Kier alpha value is -2.63. The molecule has 0 spiro atoms. The average molecular weight is 240 g/mol. The van der Waals surface area contributed by atoms with Crippen LogP contribution in [-0.4, -0.2) is 19.7 Å². The molecular formula is C12H12N6. The van der Waals surface area contributed by atoms with Gasteiger partial charge < -0.3 is 16.0 Å². The molecule has 0 unspecified atom stereocenters. The van der Waals surface area contributed by atoms with E-state index in [4.69, 9.17) is 11.5 Å². The number of aryl methyl sites for hydroxylation is 1. The van der Waals surface area contributed by atoms with Crippen LogP contribution in [0.15, 0.2) is 30.5 Å². The molecule has 4 N–H and O–H groups in total. The van der Waals surface area contributed by atoms with Crippen LogP contribution < -0.4 is 11.5 Å². The number of fused-ring (bicyclic) bond motifs is 1. The fourth-order valence-electron chi connectivity index (χ4n) is 2.07. The van der Waals surface area contributed by atoms with Crippen molar-refractivity contribution in [1.29, 1.82) is 0 Å². The normalized spacial score (nSPS) is 10.9. The third kappa shape index (κ3) is 1.46. The van der Waals surface area contributed by atoms with Crippen molar-refractivity contribution in [3.63, 3.8) is 0 Å². The van der Waals surface area contributed by atoms with E-state index >= 15 is 0 Å². The van der Waals surface area contributed by atoms with E-state index in [-0.39, 0.29) is 5.95 Å². The molecular weight excluding hydrogens is 228 g/mol. The summed E-state index contributed by atoms with van der Waals surface area (Å²) >= 11 is 0. The summed E-state index contributed by atoms with van der Waals surface area (Å²) in [7, 11) is 1.97. The first kappa shape index (κ1) is 10.5. The van der Waals surface area contributed by atoms with Crippen LogP contribution in [0.1, 0.15) is 0 Å². The Morgan fingerprint density at radius 3 is 2.67 bits per heavy atom. The summed E-state index contributed by atoms with van der Waals surface area (Å²) in [5, 5.41) is 8.86. The van der Waals surface area contributed by atoms with E-state index in [2.05, 4.69) is 15.2 Å². The number of benzene rings is 1. The number of nitrogens with zero attached hydrogens (tertiary/aromatic N) is 4. The summed E-state index contributed by atoms with van der Waals surface area (Å²) in [6, 6.07) is 8.01. The Kier molecular flexibility index (Phi) is 2.16. The van der Waals surface area contributed by atoms with Gasteiger partial charge in [-0.15, -0.1) is 10.2 Å². The Labute approximate surface area is 103 Å². The van der Waals surface area contributed by atoms with Crippen molar-refractivity contribution in [3.05, 3.63) is 30.5 Å². The molecule has 0 amide bonds. The number of nitrogen functional groups attached to an aromatic ring is 2. The predicted octanol–water partition coefficient (Wildman–Crippen LogP) is 1.19. The first-order valence-corrected chi connectivity index (χ1v) is 5.47. The Morgan fingerprint density at radius 2 is 1.89 bits per heavy atom. The molecule has 2 aromatic heterocycles. The number of aromatic nitrogens is 4. The Balaban J connectivity index is 2.32. The average Bonchev–Trinajstić information content (AvgIpc) is 2.68. The standard InChI is InChI=1S/C12H12N6/c1-18-6-8(7-4-2-3-5-9(7)18)10-11(13)15-12(14)17-16-10/h2-6H,1H3,(H4,13,14,15,17). The number of anilines is 2. The molecule has 0 aliphatic rings. The highest BCUT2D eigenvalue weighted by Crippen LogP contribution is 2.30. The van der Waals surface area contributed by atoms with Crippen LogP contribution in [0.2, 0.25) is 0 Å². The Morgan fingerprint density at radius 1 is 1.11 bits per heavy atom. The summed E-state index contributed by atoms with van der Waals surface area (Å²) in [5.41, 5.74) is 13.9. The van der Waals surface area contributed by atoms with Gasteiger partial charge >= 0.3 is 0 Å². The summed E-state index contributed by atoms with van der Waals surface area (Å²) in [4.78, 5) is 3.94. The predicted molar refractivity (Wildman–Crippen MR) is 70.6 cm³/mol. The summed E-state index contributed by atoms with van der Waals surface area (Å²) in [6.07, 6.45) is 1.96. The van der Waals surface area contributed by atoms with Crippen LogP contribution in [-0.2, 0) is 7.05 Å². The molecule has 3 aromatic rings. The van der Waals surface area contributed by atoms with Gasteiger partial charge in [-0.1, -0.05) is 18.2 Å². The van der Waals surface area contributed by atoms with Gasteiger partial charge in [0.1, 0.15) is 5.69 Å². The number of para-hydroxylation sites is 1. The molecule has 0 radical (unpaired) electrons. The maximum Gasteiger partial charge on any atom is 0.242 e. The van der Waals surface area contributed by atoms with Gasteiger partial charge in [-0.25, -0.2) is 0 Å². The second-order valence-corrected chi connectivity index (χ2v) is 4.07. The first-order chi connectivity index (χ1) is 8.66. The fourth-order valence-corrected chi connectivity index (χ4v) is 2.07. The van der Waals surface area contributed by atoms with E-state index < -0.39 is 0 Å². The van der Waals surface area contributed by atoms with Crippen LogP contribution >= 0.6 is 0 Å². The molecule has 2 heterocycles. The van der Waals surface area contributed by atoms with Crippen molar-refractivity contribution < 1.29 is 0 Å². The fraction of sp³-hybridized carbons (Fsp3) is 0.0833. The van der Waals surface area contributed by atoms with E-state index in [0.717, 1.165) is 16.5 Å². The molecule has 6 nitrogen and oxygen atoms in total. The molecule has 0 fully saturated rings. The molecule has 18 heavy (non-hydrogen) atoms. The second-order valence-electron chi connectivity index (χ2n) is 4.07. The minimum atomic E-state index is 0.0801. The van der Waals surface area contributed by atoms with E-state index in [0.29, 0.717) is 11.5 Å². The van der Waals surface area contributed by atoms with E-state index in [9.17, 15) is 0 Å². The molecule has 6 heteroatoms. The molecule has 0 saturated heterocycles. The zero-order valence-electron chi connectivity index (χ0n) is 9.83. The topological polar surface area (TPSA) is 95.6 Å². The van der Waals surface area contributed by atoms with Crippen LogP contribution in [0, 0.1) is 0 Å². The zero-order valence-corrected chi connectivity index (χ0v) is 9.83. The minimum Gasteiger partial charge on any atom is -0.382 e. The summed E-state index contributed by atoms with van der Waals surface area (Å²) in [5.74, 6) is 0.371. The number of hydrogen-bond acceptors (Lipinski definition) is 5. The van der Waals surface area contributed by atoms with Crippen molar-refractivity contribution >= 4 is 22.7 Å². The largest absolute Gasteiger partial charge is 0.382 e. The number of hydrogen-bond donors (Lipinski definition) is 2. The lowest BCUT2D eigenvalue weighted by Crippen LogP contribution is -2.04. The molecule has 1 aromatic carbocycles. The van der Waals surface area contributed by atoms with Crippen molar-refractivity contribution in [2.75, 3.05) is 11.5 Å². The summed E-state index contributed by atoms with van der Waals surface area (Å²) < 4.78 is 2.02. The van der Waals surface area contributed by atoms with Crippen LogP contribution in [0.5, 0.6) is 0 Å².